The zero-order chi connectivity index (χ0) is 20.7. The predicted octanol–water partition coefficient (Wildman–Crippen LogP) is 3.37. The second-order valence-corrected chi connectivity index (χ2v) is 7.50. The molecule has 2 aliphatic rings. The number of ether oxygens (including phenoxy) is 1. The Morgan fingerprint density at radius 2 is 2.03 bits per heavy atom. The van der Waals surface area contributed by atoms with Gasteiger partial charge in [-0.1, -0.05) is 6.08 Å². The van der Waals surface area contributed by atoms with E-state index in [2.05, 4.69) is 30.7 Å². The minimum atomic E-state index is -2.57. The Bertz CT molecular complexity index is 1120. The number of hydrogen-bond acceptors (Lipinski definition) is 7. The summed E-state index contributed by atoms with van der Waals surface area (Å²) in [5.74, 6) is -1.18. The van der Waals surface area contributed by atoms with E-state index in [1.54, 1.807) is 17.8 Å². The molecule has 0 atom stereocenters. The van der Waals surface area contributed by atoms with Crippen molar-refractivity contribution in [3.05, 3.63) is 41.9 Å². The number of anilines is 2. The van der Waals surface area contributed by atoms with Crippen molar-refractivity contribution in [1.29, 1.82) is 0 Å². The normalized spacial score (nSPS) is 18.4. The fourth-order valence-electron chi connectivity index (χ4n) is 3.94. The summed E-state index contributed by atoms with van der Waals surface area (Å²) in [4.78, 5) is 13.8. The van der Waals surface area contributed by atoms with E-state index in [1.807, 2.05) is 24.4 Å². The first-order chi connectivity index (χ1) is 14.5. The molecule has 0 saturated heterocycles. The molecule has 8 nitrogen and oxygen atoms in total. The molecule has 1 aliphatic heterocycles. The lowest BCUT2D eigenvalue weighted by atomic mass is 9.92. The molecule has 1 aliphatic carbocycles. The van der Waals surface area contributed by atoms with Crippen molar-refractivity contribution in [3.8, 4) is 5.88 Å². The molecular formula is C20H21F2N7O. The topological polar surface area (TPSA) is 89.3 Å². The predicted molar refractivity (Wildman–Crippen MR) is 108 cm³/mol. The maximum atomic E-state index is 13.4. The van der Waals surface area contributed by atoms with Gasteiger partial charge in [-0.15, -0.1) is 0 Å². The van der Waals surface area contributed by atoms with Crippen LogP contribution in [0.25, 0.3) is 11.2 Å². The van der Waals surface area contributed by atoms with Crippen molar-refractivity contribution in [2.45, 2.75) is 37.6 Å². The lowest BCUT2D eigenvalue weighted by molar-refractivity contribution is -0.0361. The van der Waals surface area contributed by atoms with E-state index in [4.69, 9.17) is 4.74 Å². The molecule has 0 spiro atoms. The third-order valence-electron chi connectivity index (χ3n) is 5.50. The van der Waals surface area contributed by atoms with Crippen LogP contribution >= 0.6 is 0 Å². The number of alkyl halides is 2. The molecule has 4 heterocycles. The minimum Gasteiger partial charge on any atom is -0.480 e. The van der Waals surface area contributed by atoms with Crippen molar-refractivity contribution >= 4 is 23.0 Å². The first kappa shape index (κ1) is 18.7. The zero-order valence-corrected chi connectivity index (χ0v) is 16.4. The molecule has 0 unspecified atom stereocenters. The third-order valence-corrected chi connectivity index (χ3v) is 5.50. The van der Waals surface area contributed by atoms with Crippen molar-refractivity contribution in [2.75, 3.05) is 24.3 Å². The minimum absolute atomic E-state index is 0.0862. The van der Waals surface area contributed by atoms with Gasteiger partial charge < -0.3 is 15.4 Å². The Morgan fingerprint density at radius 1 is 1.20 bits per heavy atom. The van der Waals surface area contributed by atoms with Crippen molar-refractivity contribution in [2.24, 2.45) is 0 Å². The van der Waals surface area contributed by atoms with Gasteiger partial charge in [0.1, 0.15) is 5.82 Å². The van der Waals surface area contributed by atoms with Gasteiger partial charge >= 0.3 is 0 Å². The standard InChI is InChI=1S/C20H21F2N7O/c1-30-18-16-13(14-6-11-29-15(26-14)5-10-24-29)4-9-23-17(16)27-19(28-18)25-12-2-7-20(21,22)8-3-12/h4-6,10-12H,2-3,7-9H2,1H3,(H2,23,25,27,28). The summed E-state index contributed by atoms with van der Waals surface area (Å²) in [5, 5.41) is 10.6. The Hall–Kier alpha value is -3.30. The Labute approximate surface area is 171 Å². The van der Waals surface area contributed by atoms with Crippen molar-refractivity contribution in [1.82, 2.24) is 24.6 Å². The van der Waals surface area contributed by atoms with Gasteiger partial charge in [-0.2, -0.15) is 15.1 Å². The van der Waals surface area contributed by atoms with E-state index in [1.165, 1.54) is 0 Å². The molecule has 0 amide bonds. The number of fused-ring (bicyclic) bond motifs is 2. The van der Waals surface area contributed by atoms with Crippen LogP contribution in [0.15, 0.2) is 30.6 Å². The van der Waals surface area contributed by atoms with Crippen LogP contribution in [0.2, 0.25) is 0 Å². The van der Waals surface area contributed by atoms with Crippen LogP contribution < -0.4 is 15.4 Å². The molecule has 1 fully saturated rings. The van der Waals surface area contributed by atoms with Gasteiger partial charge in [0.05, 0.1) is 24.6 Å². The smallest absolute Gasteiger partial charge is 0.248 e. The molecule has 3 aromatic heterocycles. The van der Waals surface area contributed by atoms with Crippen LogP contribution in [0.4, 0.5) is 20.5 Å². The molecule has 30 heavy (non-hydrogen) atoms. The van der Waals surface area contributed by atoms with Crippen molar-refractivity contribution in [3.63, 3.8) is 0 Å². The SMILES string of the molecule is COc1nc(NC2CCC(F)(F)CC2)nc2c1C(c1ccn3nccc3n1)=CCN2. The summed E-state index contributed by atoms with van der Waals surface area (Å²) in [7, 11) is 1.55. The monoisotopic (exact) mass is 413 g/mol. The summed E-state index contributed by atoms with van der Waals surface area (Å²) in [6.07, 6.45) is 6.07. The summed E-state index contributed by atoms with van der Waals surface area (Å²) in [6, 6.07) is 3.63. The maximum absolute atomic E-state index is 13.4. The molecule has 1 saturated carbocycles. The van der Waals surface area contributed by atoms with Gasteiger partial charge in [-0.25, -0.2) is 18.3 Å². The lowest BCUT2D eigenvalue weighted by Crippen LogP contribution is -2.32. The van der Waals surface area contributed by atoms with Crippen LogP contribution in [0, 0.1) is 0 Å². The number of rotatable bonds is 4. The van der Waals surface area contributed by atoms with E-state index in [0.29, 0.717) is 37.0 Å². The van der Waals surface area contributed by atoms with Gasteiger partial charge in [-0.05, 0) is 18.9 Å². The Balaban J connectivity index is 1.46. The highest BCUT2D eigenvalue weighted by atomic mass is 19.3. The number of aromatic nitrogens is 5. The quantitative estimate of drug-likeness (QED) is 0.678. The van der Waals surface area contributed by atoms with Crippen LogP contribution in [0.5, 0.6) is 5.88 Å². The van der Waals surface area contributed by atoms with E-state index in [9.17, 15) is 8.78 Å². The third kappa shape index (κ3) is 3.42. The van der Waals surface area contributed by atoms with Gasteiger partial charge in [0.25, 0.3) is 0 Å². The fourth-order valence-corrected chi connectivity index (χ4v) is 3.94. The largest absolute Gasteiger partial charge is 0.480 e. The number of nitrogens with zero attached hydrogens (tertiary/aromatic N) is 5. The first-order valence-electron chi connectivity index (χ1n) is 9.88. The van der Waals surface area contributed by atoms with Crippen LogP contribution in [-0.4, -0.2) is 50.2 Å². The summed E-state index contributed by atoms with van der Waals surface area (Å²) >= 11 is 0. The average Bonchev–Trinajstić information content (AvgIpc) is 3.22. The summed E-state index contributed by atoms with van der Waals surface area (Å²) < 4.78 is 34.1. The molecule has 5 rings (SSSR count). The molecule has 10 heteroatoms. The molecular weight excluding hydrogens is 392 g/mol. The molecule has 156 valence electrons. The number of hydrogen-bond donors (Lipinski definition) is 2. The summed E-state index contributed by atoms with van der Waals surface area (Å²) in [6.45, 7) is 0.573. The Morgan fingerprint density at radius 3 is 2.83 bits per heavy atom. The van der Waals surface area contributed by atoms with Crippen LogP contribution in [-0.2, 0) is 0 Å². The average molecular weight is 413 g/mol. The molecule has 0 radical (unpaired) electrons. The lowest BCUT2D eigenvalue weighted by Gasteiger charge is -2.29. The second-order valence-electron chi connectivity index (χ2n) is 7.50. The highest BCUT2D eigenvalue weighted by Gasteiger charge is 2.35. The number of methoxy groups -OCH3 is 1. The van der Waals surface area contributed by atoms with E-state index in [0.717, 1.165) is 22.5 Å². The van der Waals surface area contributed by atoms with Gasteiger partial charge in [0.2, 0.25) is 17.8 Å². The van der Waals surface area contributed by atoms with Gasteiger partial charge in [0.15, 0.2) is 5.65 Å². The Kier molecular flexibility index (Phi) is 4.48. The first-order valence-corrected chi connectivity index (χ1v) is 9.88. The van der Waals surface area contributed by atoms with E-state index >= 15 is 0 Å². The molecule has 0 aromatic carbocycles. The second kappa shape index (κ2) is 7.19. The highest BCUT2D eigenvalue weighted by Crippen LogP contribution is 2.38. The molecule has 3 aromatic rings. The van der Waals surface area contributed by atoms with E-state index in [-0.39, 0.29) is 18.9 Å². The van der Waals surface area contributed by atoms with Gasteiger partial charge in [-0.3, -0.25) is 0 Å². The van der Waals surface area contributed by atoms with Crippen LogP contribution in [0.1, 0.15) is 36.9 Å². The molecule has 2 N–H and O–H groups in total. The van der Waals surface area contributed by atoms with Crippen molar-refractivity contribution < 1.29 is 13.5 Å². The number of halogens is 2. The number of nitrogens with one attached hydrogen (secondary N) is 2. The van der Waals surface area contributed by atoms with E-state index < -0.39 is 5.92 Å². The maximum Gasteiger partial charge on any atom is 0.248 e. The van der Waals surface area contributed by atoms with Crippen LogP contribution in [0.3, 0.4) is 0 Å². The van der Waals surface area contributed by atoms with Gasteiger partial charge in [0, 0.05) is 43.3 Å². The summed E-state index contributed by atoms with van der Waals surface area (Å²) in [5.41, 5.74) is 3.10. The zero-order valence-electron chi connectivity index (χ0n) is 16.4. The highest BCUT2D eigenvalue weighted by molar-refractivity contribution is 5.88. The fraction of sp³-hybridized carbons (Fsp3) is 0.400. The molecule has 0 bridgehead atoms.